The maximum atomic E-state index is 11.4. The lowest BCUT2D eigenvalue weighted by molar-refractivity contribution is 0.500. The molecule has 1 N–H and O–H groups in total. The maximum absolute atomic E-state index is 11.4. The zero-order valence-corrected chi connectivity index (χ0v) is 10.2. The molecule has 2 rings (SSSR count). The highest BCUT2D eigenvalue weighted by molar-refractivity contribution is 7.99. The van der Waals surface area contributed by atoms with E-state index in [0.29, 0.717) is 0 Å². The third-order valence-electron chi connectivity index (χ3n) is 2.89. The van der Waals surface area contributed by atoms with Crippen LogP contribution in [0.4, 0.5) is 0 Å². The summed E-state index contributed by atoms with van der Waals surface area (Å²) < 4.78 is 1.75. The quantitative estimate of drug-likeness (QED) is 0.783. The standard InChI is InChI=1S/C12H18N2OS/c15-12-3-1-2-6-14(12)7-5-13-9-11-4-8-16-10-11/h1-3,6,11,13H,4-5,7-10H2. The van der Waals surface area contributed by atoms with Gasteiger partial charge in [-0.05, 0) is 36.5 Å². The van der Waals surface area contributed by atoms with Crippen LogP contribution in [0, 0.1) is 5.92 Å². The topological polar surface area (TPSA) is 34.0 Å². The van der Waals surface area contributed by atoms with Crippen LogP contribution in [0.1, 0.15) is 6.42 Å². The van der Waals surface area contributed by atoms with E-state index in [0.717, 1.165) is 25.6 Å². The first-order valence-corrected chi connectivity index (χ1v) is 6.95. The molecule has 0 spiro atoms. The molecule has 0 bridgehead atoms. The molecule has 0 amide bonds. The molecule has 0 saturated carbocycles. The van der Waals surface area contributed by atoms with Crippen LogP contribution >= 0.6 is 11.8 Å². The average Bonchev–Trinajstić information content (AvgIpc) is 2.79. The summed E-state index contributed by atoms with van der Waals surface area (Å²) in [6.45, 7) is 2.74. The van der Waals surface area contributed by atoms with Gasteiger partial charge in [-0.25, -0.2) is 0 Å². The van der Waals surface area contributed by atoms with Crippen molar-refractivity contribution in [1.82, 2.24) is 9.88 Å². The van der Waals surface area contributed by atoms with Gasteiger partial charge < -0.3 is 9.88 Å². The minimum absolute atomic E-state index is 0.0840. The van der Waals surface area contributed by atoms with E-state index in [2.05, 4.69) is 5.32 Å². The predicted octanol–water partition coefficient (Wildman–Crippen LogP) is 1.19. The fourth-order valence-electron chi connectivity index (χ4n) is 1.90. The van der Waals surface area contributed by atoms with Crippen molar-refractivity contribution in [3.05, 3.63) is 34.7 Å². The van der Waals surface area contributed by atoms with E-state index < -0.39 is 0 Å². The van der Waals surface area contributed by atoms with E-state index in [1.165, 1.54) is 17.9 Å². The second-order valence-electron chi connectivity index (χ2n) is 4.17. The minimum Gasteiger partial charge on any atom is -0.315 e. The first-order chi connectivity index (χ1) is 7.86. The summed E-state index contributed by atoms with van der Waals surface area (Å²) in [7, 11) is 0. The van der Waals surface area contributed by atoms with Crippen molar-refractivity contribution in [2.45, 2.75) is 13.0 Å². The number of aromatic nitrogens is 1. The number of rotatable bonds is 5. The molecule has 1 aromatic heterocycles. The highest BCUT2D eigenvalue weighted by Gasteiger charge is 2.14. The molecule has 1 saturated heterocycles. The van der Waals surface area contributed by atoms with Crippen LogP contribution < -0.4 is 10.9 Å². The minimum atomic E-state index is 0.0840. The Balaban J connectivity index is 1.68. The van der Waals surface area contributed by atoms with Crippen molar-refractivity contribution in [2.75, 3.05) is 24.6 Å². The third kappa shape index (κ3) is 3.39. The van der Waals surface area contributed by atoms with Gasteiger partial charge in [0.25, 0.3) is 5.56 Å². The Morgan fingerprint density at radius 2 is 2.44 bits per heavy atom. The Bertz CT molecular complexity index is 371. The second kappa shape index (κ2) is 6.11. The molecule has 1 atom stereocenters. The number of hydrogen-bond acceptors (Lipinski definition) is 3. The fourth-order valence-corrected chi connectivity index (χ4v) is 3.18. The van der Waals surface area contributed by atoms with Gasteiger partial charge in [0.15, 0.2) is 0 Å². The van der Waals surface area contributed by atoms with Gasteiger partial charge in [0.2, 0.25) is 0 Å². The van der Waals surface area contributed by atoms with Gasteiger partial charge in [0.1, 0.15) is 0 Å². The number of hydrogen-bond donors (Lipinski definition) is 1. The molecule has 1 aliphatic heterocycles. The zero-order valence-electron chi connectivity index (χ0n) is 9.39. The Morgan fingerprint density at radius 3 is 3.19 bits per heavy atom. The van der Waals surface area contributed by atoms with Gasteiger partial charge >= 0.3 is 0 Å². The van der Waals surface area contributed by atoms with E-state index in [4.69, 9.17) is 0 Å². The van der Waals surface area contributed by atoms with Gasteiger partial charge in [-0.15, -0.1) is 0 Å². The fraction of sp³-hybridized carbons (Fsp3) is 0.583. The summed E-state index contributed by atoms with van der Waals surface area (Å²) in [6, 6.07) is 5.28. The molecular formula is C12H18N2OS. The molecule has 2 heterocycles. The predicted molar refractivity (Wildman–Crippen MR) is 69.0 cm³/mol. The maximum Gasteiger partial charge on any atom is 0.250 e. The summed E-state index contributed by atoms with van der Waals surface area (Å²) in [5.74, 6) is 3.43. The Kier molecular flexibility index (Phi) is 4.48. The van der Waals surface area contributed by atoms with E-state index in [9.17, 15) is 4.79 Å². The first-order valence-electron chi connectivity index (χ1n) is 5.80. The van der Waals surface area contributed by atoms with Crippen LogP contribution in [0.3, 0.4) is 0 Å². The molecule has 1 unspecified atom stereocenters. The lowest BCUT2D eigenvalue weighted by Crippen LogP contribution is -2.29. The first kappa shape index (κ1) is 11.7. The SMILES string of the molecule is O=c1ccccn1CCNCC1CCSC1. The van der Waals surface area contributed by atoms with Gasteiger partial charge in [-0.3, -0.25) is 4.79 Å². The van der Waals surface area contributed by atoms with Crippen LogP contribution in [0.15, 0.2) is 29.2 Å². The number of nitrogens with zero attached hydrogens (tertiary/aromatic N) is 1. The Labute approximate surface area is 100 Å². The highest BCUT2D eigenvalue weighted by Crippen LogP contribution is 2.22. The second-order valence-corrected chi connectivity index (χ2v) is 5.32. The number of nitrogens with one attached hydrogen (secondary N) is 1. The normalized spacial score (nSPS) is 20.1. The molecule has 1 fully saturated rings. The van der Waals surface area contributed by atoms with Gasteiger partial charge in [-0.1, -0.05) is 6.07 Å². The molecule has 0 aromatic carbocycles. The van der Waals surface area contributed by atoms with Crippen molar-refractivity contribution in [3.8, 4) is 0 Å². The van der Waals surface area contributed by atoms with Gasteiger partial charge in [0, 0.05) is 25.4 Å². The van der Waals surface area contributed by atoms with Gasteiger partial charge in [0.05, 0.1) is 0 Å². The smallest absolute Gasteiger partial charge is 0.250 e. The zero-order chi connectivity index (χ0) is 11.2. The largest absolute Gasteiger partial charge is 0.315 e. The van der Waals surface area contributed by atoms with Crippen LogP contribution in [0.5, 0.6) is 0 Å². The van der Waals surface area contributed by atoms with E-state index in [1.807, 2.05) is 24.0 Å². The molecule has 1 aliphatic rings. The number of thioether (sulfide) groups is 1. The average molecular weight is 238 g/mol. The third-order valence-corrected chi connectivity index (χ3v) is 4.12. The van der Waals surface area contributed by atoms with Crippen LogP contribution in [0.2, 0.25) is 0 Å². The lowest BCUT2D eigenvalue weighted by Gasteiger charge is -2.10. The summed E-state index contributed by atoms with van der Waals surface area (Å²) in [5.41, 5.74) is 0.0840. The molecule has 88 valence electrons. The van der Waals surface area contributed by atoms with Crippen molar-refractivity contribution in [2.24, 2.45) is 5.92 Å². The van der Waals surface area contributed by atoms with Crippen molar-refractivity contribution < 1.29 is 0 Å². The van der Waals surface area contributed by atoms with E-state index in [1.54, 1.807) is 16.7 Å². The molecule has 16 heavy (non-hydrogen) atoms. The number of pyridine rings is 1. The van der Waals surface area contributed by atoms with Gasteiger partial charge in [-0.2, -0.15) is 11.8 Å². The molecule has 1 aromatic rings. The van der Waals surface area contributed by atoms with E-state index in [-0.39, 0.29) is 5.56 Å². The van der Waals surface area contributed by atoms with Crippen molar-refractivity contribution >= 4 is 11.8 Å². The Morgan fingerprint density at radius 1 is 1.50 bits per heavy atom. The lowest BCUT2D eigenvalue weighted by atomic mass is 10.1. The summed E-state index contributed by atoms with van der Waals surface area (Å²) >= 11 is 2.04. The molecule has 4 heteroatoms. The molecule has 0 aliphatic carbocycles. The summed E-state index contributed by atoms with van der Waals surface area (Å²) in [6.07, 6.45) is 3.18. The van der Waals surface area contributed by atoms with Crippen molar-refractivity contribution in [3.63, 3.8) is 0 Å². The Hall–Kier alpha value is -0.740. The molecule has 0 radical (unpaired) electrons. The molecule has 3 nitrogen and oxygen atoms in total. The van der Waals surface area contributed by atoms with Crippen LogP contribution in [-0.4, -0.2) is 29.2 Å². The monoisotopic (exact) mass is 238 g/mol. The summed E-state index contributed by atoms with van der Waals surface area (Å²) in [4.78, 5) is 11.4. The van der Waals surface area contributed by atoms with E-state index >= 15 is 0 Å². The van der Waals surface area contributed by atoms with Crippen molar-refractivity contribution in [1.29, 1.82) is 0 Å². The molecular weight excluding hydrogens is 220 g/mol. The van der Waals surface area contributed by atoms with Crippen LogP contribution in [-0.2, 0) is 6.54 Å². The summed E-state index contributed by atoms with van der Waals surface area (Å²) in [5, 5.41) is 3.43. The van der Waals surface area contributed by atoms with Crippen LogP contribution in [0.25, 0.3) is 0 Å². The highest BCUT2D eigenvalue weighted by atomic mass is 32.2.